The van der Waals surface area contributed by atoms with Gasteiger partial charge in [-0.15, -0.1) is 0 Å². The Labute approximate surface area is 148 Å². The zero-order valence-corrected chi connectivity index (χ0v) is 15.2. The Morgan fingerprint density at radius 2 is 1.88 bits per heavy atom. The van der Waals surface area contributed by atoms with E-state index in [0.29, 0.717) is 13.0 Å². The van der Waals surface area contributed by atoms with Gasteiger partial charge in [0, 0.05) is 11.6 Å². The molecule has 2 aromatic rings. The number of phenols is 1. The second-order valence-corrected chi connectivity index (χ2v) is 6.82. The first kappa shape index (κ1) is 17.3. The van der Waals surface area contributed by atoms with Crippen LogP contribution in [0.15, 0.2) is 30.3 Å². The molecule has 0 saturated heterocycles. The Kier molecular flexibility index (Phi) is 4.71. The number of carbonyl (C=O) groups is 1. The first-order valence-electron chi connectivity index (χ1n) is 8.74. The highest BCUT2D eigenvalue weighted by molar-refractivity contribution is 5.81. The molecule has 0 fully saturated rings. The molecule has 2 N–H and O–H groups in total. The lowest BCUT2D eigenvalue weighted by Gasteiger charge is -2.34. The number of ether oxygens (including phenoxy) is 1. The van der Waals surface area contributed by atoms with Crippen LogP contribution in [0, 0.1) is 20.8 Å². The quantitative estimate of drug-likeness (QED) is 0.650. The fourth-order valence-electron chi connectivity index (χ4n) is 3.99. The molecule has 4 nitrogen and oxygen atoms in total. The average molecular weight is 339 g/mol. The number of anilines is 1. The largest absolute Gasteiger partial charge is 0.508 e. The van der Waals surface area contributed by atoms with Crippen LogP contribution in [-0.4, -0.2) is 23.7 Å². The number of esters is 1. The van der Waals surface area contributed by atoms with Gasteiger partial charge in [-0.05, 0) is 74.6 Å². The van der Waals surface area contributed by atoms with Crippen LogP contribution in [0.25, 0.3) is 0 Å². The molecule has 2 atom stereocenters. The van der Waals surface area contributed by atoms with Crippen molar-refractivity contribution in [1.82, 2.24) is 0 Å². The Hall–Kier alpha value is -2.49. The van der Waals surface area contributed by atoms with Crippen LogP contribution in [0.3, 0.4) is 0 Å². The van der Waals surface area contributed by atoms with Gasteiger partial charge in [-0.1, -0.05) is 17.7 Å². The van der Waals surface area contributed by atoms with E-state index in [-0.39, 0.29) is 23.7 Å². The summed E-state index contributed by atoms with van der Waals surface area (Å²) in [5, 5.41) is 13.2. The molecule has 1 aliphatic heterocycles. The van der Waals surface area contributed by atoms with Gasteiger partial charge in [0.25, 0.3) is 0 Å². The monoisotopic (exact) mass is 339 g/mol. The smallest absolute Gasteiger partial charge is 0.328 e. The standard InChI is InChI=1S/C21H25NO3/c1-5-25-21(24)19-11-17(16-10-15(23)6-7-18(16)22-19)20-13(3)8-12(2)9-14(20)4/h6-10,17,19,22-23H,5,11H2,1-4H3. The first-order valence-corrected chi connectivity index (χ1v) is 8.74. The van der Waals surface area contributed by atoms with Gasteiger partial charge < -0.3 is 15.2 Å². The van der Waals surface area contributed by atoms with Gasteiger partial charge in [-0.25, -0.2) is 4.79 Å². The zero-order valence-electron chi connectivity index (χ0n) is 15.2. The summed E-state index contributed by atoms with van der Waals surface area (Å²) >= 11 is 0. The molecule has 0 saturated carbocycles. The maximum absolute atomic E-state index is 12.3. The highest BCUT2D eigenvalue weighted by Gasteiger charge is 2.34. The molecule has 0 aromatic heterocycles. The molecular weight excluding hydrogens is 314 g/mol. The molecule has 1 heterocycles. The molecule has 0 radical (unpaired) electrons. The summed E-state index contributed by atoms with van der Waals surface area (Å²) in [6.45, 7) is 8.50. The SMILES string of the molecule is CCOC(=O)C1CC(c2c(C)cc(C)cc2C)c2cc(O)ccc2N1. The summed E-state index contributed by atoms with van der Waals surface area (Å²) in [6.07, 6.45) is 0.611. The van der Waals surface area contributed by atoms with Crippen LogP contribution in [0.2, 0.25) is 0 Å². The molecule has 2 aromatic carbocycles. The summed E-state index contributed by atoms with van der Waals surface area (Å²) in [4.78, 5) is 12.3. The molecular formula is C21H25NO3. The normalized spacial score (nSPS) is 19.0. The second kappa shape index (κ2) is 6.79. The third-order valence-electron chi connectivity index (χ3n) is 4.87. The number of aromatic hydroxyl groups is 1. The van der Waals surface area contributed by atoms with Crippen molar-refractivity contribution in [2.24, 2.45) is 0 Å². The lowest BCUT2D eigenvalue weighted by atomic mass is 9.78. The van der Waals surface area contributed by atoms with E-state index >= 15 is 0 Å². The number of hydrogen-bond acceptors (Lipinski definition) is 4. The number of rotatable bonds is 3. The van der Waals surface area contributed by atoms with Gasteiger partial charge in [0.2, 0.25) is 0 Å². The number of carbonyl (C=O) groups excluding carboxylic acids is 1. The maximum Gasteiger partial charge on any atom is 0.328 e. The van der Waals surface area contributed by atoms with Crippen LogP contribution in [-0.2, 0) is 9.53 Å². The summed E-state index contributed by atoms with van der Waals surface area (Å²) in [7, 11) is 0. The van der Waals surface area contributed by atoms with Crippen molar-refractivity contribution in [2.75, 3.05) is 11.9 Å². The third-order valence-corrected chi connectivity index (χ3v) is 4.87. The number of benzene rings is 2. The minimum Gasteiger partial charge on any atom is -0.508 e. The van der Waals surface area contributed by atoms with Gasteiger partial charge >= 0.3 is 5.97 Å². The van der Waals surface area contributed by atoms with Crippen LogP contribution in [0.4, 0.5) is 5.69 Å². The Balaban J connectivity index is 2.11. The van der Waals surface area contributed by atoms with Crippen LogP contribution in [0.5, 0.6) is 5.75 Å². The predicted molar refractivity (Wildman–Crippen MR) is 99.3 cm³/mol. The van der Waals surface area contributed by atoms with Gasteiger partial charge in [-0.3, -0.25) is 0 Å². The summed E-state index contributed by atoms with van der Waals surface area (Å²) < 4.78 is 5.23. The first-order chi connectivity index (χ1) is 11.9. The van der Waals surface area contributed by atoms with E-state index in [4.69, 9.17) is 4.74 Å². The highest BCUT2D eigenvalue weighted by Crippen LogP contribution is 2.43. The molecule has 0 amide bonds. The summed E-state index contributed by atoms with van der Waals surface area (Å²) in [6, 6.07) is 9.24. The van der Waals surface area contributed by atoms with E-state index in [2.05, 4.69) is 38.2 Å². The molecule has 0 spiro atoms. The van der Waals surface area contributed by atoms with E-state index < -0.39 is 0 Å². The lowest BCUT2D eigenvalue weighted by molar-refractivity contribution is -0.144. The Morgan fingerprint density at radius 3 is 2.52 bits per heavy atom. The summed E-state index contributed by atoms with van der Waals surface area (Å²) in [5.74, 6) is 0.0505. The minimum atomic E-state index is -0.387. The maximum atomic E-state index is 12.3. The molecule has 4 heteroatoms. The Bertz CT molecular complexity index is 790. The van der Waals surface area contributed by atoms with E-state index in [0.717, 1.165) is 11.3 Å². The van der Waals surface area contributed by atoms with Crippen molar-refractivity contribution >= 4 is 11.7 Å². The van der Waals surface area contributed by atoms with Gasteiger partial charge in [-0.2, -0.15) is 0 Å². The molecule has 0 aliphatic carbocycles. The number of hydrogen-bond donors (Lipinski definition) is 2. The Morgan fingerprint density at radius 1 is 1.20 bits per heavy atom. The molecule has 25 heavy (non-hydrogen) atoms. The molecule has 0 bridgehead atoms. The van der Waals surface area contributed by atoms with E-state index in [1.807, 2.05) is 13.0 Å². The predicted octanol–water partition coefficient (Wildman–Crippen LogP) is 4.20. The second-order valence-electron chi connectivity index (χ2n) is 6.82. The molecule has 2 unspecified atom stereocenters. The van der Waals surface area contributed by atoms with Crippen LogP contribution < -0.4 is 5.32 Å². The average Bonchev–Trinajstić information content (AvgIpc) is 2.54. The number of phenolic OH excluding ortho intramolecular Hbond substituents is 1. The number of aryl methyl sites for hydroxylation is 3. The van der Waals surface area contributed by atoms with Crippen molar-refractivity contribution in [3.05, 3.63) is 58.1 Å². The zero-order chi connectivity index (χ0) is 18.1. The van der Waals surface area contributed by atoms with Crippen molar-refractivity contribution in [3.8, 4) is 5.75 Å². The highest BCUT2D eigenvalue weighted by atomic mass is 16.5. The van der Waals surface area contributed by atoms with E-state index in [1.54, 1.807) is 12.1 Å². The van der Waals surface area contributed by atoms with Gasteiger partial charge in [0.1, 0.15) is 11.8 Å². The molecule has 3 rings (SSSR count). The van der Waals surface area contributed by atoms with Gasteiger partial charge in [0.05, 0.1) is 6.61 Å². The van der Waals surface area contributed by atoms with Crippen molar-refractivity contribution in [3.63, 3.8) is 0 Å². The number of nitrogens with one attached hydrogen (secondary N) is 1. The van der Waals surface area contributed by atoms with Crippen LogP contribution >= 0.6 is 0 Å². The van der Waals surface area contributed by atoms with E-state index in [1.165, 1.54) is 22.3 Å². The number of fused-ring (bicyclic) bond motifs is 1. The molecule has 1 aliphatic rings. The fourth-order valence-corrected chi connectivity index (χ4v) is 3.99. The topological polar surface area (TPSA) is 58.6 Å². The lowest BCUT2D eigenvalue weighted by Crippen LogP contribution is -2.37. The minimum absolute atomic E-state index is 0.0401. The third kappa shape index (κ3) is 3.34. The van der Waals surface area contributed by atoms with Crippen molar-refractivity contribution in [1.29, 1.82) is 0 Å². The fraction of sp³-hybridized carbons (Fsp3) is 0.381. The van der Waals surface area contributed by atoms with Crippen molar-refractivity contribution < 1.29 is 14.6 Å². The van der Waals surface area contributed by atoms with E-state index in [9.17, 15) is 9.90 Å². The van der Waals surface area contributed by atoms with Crippen molar-refractivity contribution in [2.45, 2.75) is 46.1 Å². The van der Waals surface area contributed by atoms with Gasteiger partial charge in [0.15, 0.2) is 0 Å². The summed E-state index contributed by atoms with van der Waals surface area (Å²) in [5.41, 5.74) is 6.78. The molecule has 132 valence electrons. The van der Waals surface area contributed by atoms with Crippen LogP contribution in [0.1, 0.15) is 47.1 Å².